The van der Waals surface area contributed by atoms with E-state index in [0.717, 1.165) is 19.5 Å². The summed E-state index contributed by atoms with van der Waals surface area (Å²) in [5.41, 5.74) is 1.49. The van der Waals surface area contributed by atoms with Crippen LogP contribution in [0.1, 0.15) is 29.7 Å². The van der Waals surface area contributed by atoms with Gasteiger partial charge in [-0.3, -0.25) is 4.90 Å². The second kappa shape index (κ2) is 3.89. The van der Waals surface area contributed by atoms with Gasteiger partial charge in [0.15, 0.2) is 0 Å². The molecule has 0 aromatic carbocycles. The maximum absolute atomic E-state index is 9.90. The van der Waals surface area contributed by atoms with Crippen molar-refractivity contribution < 1.29 is 5.11 Å². The van der Waals surface area contributed by atoms with Crippen molar-refractivity contribution in [3.63, 3.8) is 0 Å². The SMILES string of the molecule is O[C@H]1CCC[C@@H]1N1CCc2sccc2C1. The molecule has 1 aliphatic heterocycles. The Morgan fingerprint density at radius 3 is 3.13 bits per heavy atom. The Morgan fingerprint density at radius 2 is 2.33 bits per heavy atom. The van der Waals surface area contributed by atoms with E-state index in [0.29, 0.717) is 6.04 Å². The van der Waals surface area contributed by atoms with Gasteiger partial charge in [-0.15, -0.1) is 11.3 Å². The molecule has 82 valence electrons. The van der Waals surface area contributed by atoms with E-state index in [2.05, 4.69) is 16.3 Å². The fourth-order valence-electron chi connectivity index (χ4n) is 2.90. The number of nitrogens with zero attached hydrogens (tertiary/aromatic N) is 1. The minimum Gasteiger partial charge on any atom is -0.391 e. The molecule has 1 aromatic rings. The molecular weight excluding hydrogens is 206 g/mol. The Morgan fingerprint density at radius 1 is 1.40 bits per heavy atom. The van der Waals surface area contributed by atoms with Crippen LogP contribution in [0.2, 0.25) is 0 Å². The monoisotopic (exact) mass is 223 g/mol. The molecule has 0 spiro atoms. The molecule has 15 heavy (non-hydrogen) atoms. The summed E-state index contributed by atoms with van der Waals surface area (Å²) in [4.78, 5) is 4.03. The number of aliphatic hydroxyl groups excluding tert-OH is 1. The van der Waals surface area contributed by atoms with Crippen molar-refractivity contribution in [1.82, 2.24) is 4.90 Å². The van der Waals surface area contributed by atoms with E-state index in [1.807, 2.05) is 11.3 Å². The van der Waals surface area contributed by atoms with E-state index in [9.17, 15) is 5.11 Å². The molecule has 2 aliphatic rings. The highest BCUT2D eigenvalue weighted by molar-refractivity contribution is 7.10. The highest BCUT2D eigenvalue weighted by Crippen LogP contribution is 2.30. The van der Waals surface area contributed by atoms with E-state index >= 15 is 0 Å². The van der Waals surface area contributed by atoms with Gasteiger partial charge < -0.3 is 5.11 Å². The number of fused-ring (bicyclic) bond motifs is 1. The van der Waals surface area contributed by atoms with Gasteiger partial charge in [0, 0.05) is 24.0 Å². The summed E-state index contributed by atoms with van der Waals surface area (Å²) >= 11 is 1.88. The second-order valence-corrected chi connectivity index (χ2v) is 5.66. The van der Waals surface area contributed by atoms with Crippen molar-refractivity contribution in [2.45, 2.75) is 44.4 Å². The van der Waals surface area contributed by atoms with Crippen LogP contribution in [0, 0.1) is 0 Å². The molecule has 0 saturated heterocycles. The number of hydrogen-bond donors (Lipinski definition) is 1. The standard InChI is InChI=1S/C12H17NOS/c14-11-3-1-2-10(11)13-6-4-12-9(8-13)5-7-15-12/h5,7,10-11,14H,1-4,6,8H2/t10-,11-/m0/s1. The zero-order chi connectivity index (χ0) is 10.3. The van der Waals surface area contributed by atoms with Gasteiger partial charge >= 0.3 is 0 Å². The van der Waals surface area contributed by atoms with Gasteiger partial charge in [0.2, 0.25) is 0 Å². The maximum Gasteiger partial charge on any atom is 0.0695 e. The summed E-state index contributed by atoms with van der Waals surface area (Å²) < 4.78 is 0. The fraction of sp³-hybridized carbons (Fsp3) is 0.667. The first-order valence-corrected chi connectivity index (χ1v) is 6.70. The Bertz CT molecular complexity index is 349. The lowest BCUT2D eigenvalue weighted by Gasteiger charge is -2.34. The number of aliphatic hydroxyl groups is 1. The Kier molecular flexibility index (Phi) is 2.54. The topological polar surface area (TPSA) is 23.5 Å². The molecule has 1 fully saturated rings. The summed E-state index contributed by atoms with van der Waals surface area (Å²) in [6.45, 7) is 2.19. The normalized spacial score (nSPS) is 31.8. The lowest BCUT2D eigenvalue weighted by atomic mass is 10.1. The molecule has 2 atom stereocenters. The smallest absolute Gasteiger partial charge is 0.0695 e. The molecule has 1 saturated carbocycles. The molecular formula is C12H17NOS. The molecule has 3 heteroatoms. The third kappa shape index (κ3) is 1.73. The van der Waals surface area contributed by atoms with Crippen LogP contribution in [0.4, 0.5) is 0 Å². The number of thiophene rings is 1. The van der Waals surface area contributed by atoms with Crippen molar-refractivity contribution in [1.29, 1.82) is 0 Å². The zero-order valence-corrected chi connectivity index (χ0v) is 9.67. The van der Waals surface area contributed by atoms with Gasteiger partial charge in [-0.2, -0.15) is 0 Å². The van der Waals surface area contributed by atoms with Crippen LogP contribution in [0.5, 0.6) is 0 Å². The predicted molar refractivity (Wildman–Crippen MR) is 62.1 cm³/mol. The van der Waals surface area contributed by atoms with Crippen molar-refractivity contribution >= 4 is 11.3 Å². The second-order valence-electron chi connectivity index (χ2n) is 4.66. The van der Waals surface area contributed by atoms with Crippen LogP contribution in [0.25, 0.3) is 0 Å². The molecule has 0 unspecified atom stereocenters. The number of hydrogen-bond acceptors (Lipinski definition) is 3. The summed E-state index contributed by atoms with van der Waals surface area (Å²) in [7, 11) is 0. The van der Waals surface area contributed by atoms with Crippen LogP contribution < -0.4 is 0 Å². The lowest BCUT2D eigenvalue weighted by Crippen LogP contribution is -2.42. The van der Waals surface area contributed by atoms with E-state index < -0.39 is 0 Å². The molecule has 2 nitrogen and oxygen atoms in total. The molecule has 3 rings (SSSR count). The molecule has 0 radical (unpaired) electrons. The third-order valence-corrected chi connectivity index (χ3v) is 4.77. The van der Waals surface area contributed by atoms with Crippen molar-refractivity contribution in [3.8, 4) is 0 Å². The lowest BCUT2D eigenvalue weighted by molar-refractivity contribution is 0.0630. The summed E-state index contributed by atoms with van der Waals surface area (Å²) in [5.74, 6) is 0. The van der Waals surface area contributed by atoms with E-state index in [4.69, 9.17) is 0 Å². The van der Waals surface area contributed by atoms with Gasteiger partial charge in [0.05, 0.1) is 6.10 Å². The molecule has 1 aliphatic carbocycles. The first-order chi connectivity index (χ1) is 7.34. The quantitative estimate of drug-likeness (QED) is 0.787. The van der Waals surface area contributed by atoms with Crippen LogP contribution in [-0.4, -0.2) is 28.7 Å². The molecule has 0 amide bonds. The van der Waals surface area contributed by atoms with Gasteiger partial charge in [-0.1, -0.05) is 0 Å². The van der Waals surface area contributed by atoms with Crippen molar-refractivity contribution in [2.24, 2.45) is 0 Å². The molecule has 1 aromatic heterocycles. The van der Waals surface area contributed by atoms with Gasteiger partial charge in [0.1, 0.15) is 0 Å². The highest BCUT2D eigenvalue weighted by atomic mass is 32.1. The summed E-state index contributed by atoms with van der Waals surface area (Å²) in [5, 5.41) is 12.1. The summed E-state index contributed by atoms with van der Waals surface area (Å²) in [6.07, 6.45) is 4.47. The summed E-state index contributed by atoms with van der Waals surface area (Å²) in [6, 6.07) is 2.67. The van der Waals surface area contributed by atoms with Crippen molar-refractivity contribution in [2.75, 3.05) is 6.54 Å². The Balaban J connectivity index is 1.75. The van der Waals surface area contributed by atoms with E-state index in [1.54, 1.807) is 4.88 Å². The Hall–Kier alpha value is -0.380. The molecule has 0 bridgehead atoms. The van der Waals surface area contributed by atoms with Crippen LogP contribution >= 0.6 is 11.3 Å². The van der Waals surface area contributed by atoms with E-state index in [1.165, 1.54) is 24.8 Å². The maximum atomic E-state index is 9.90. The van der Waals surface area contributed by atoms with Gasteiger partial charge in [0.25, 0.3) is 0 Å². The van der Waals surface area contributed by atoms with Crippen LogP contribution in [0.15, 0.2) is 11.4 Å². The van der Waals surface area contributed by atoms with E-state index in [-0.39, 0.29) is 6.10 Å². The number of rotatable bonds is 1. The largest absolute Gasteiger partial charge is 0.391 e. The minimum absolute atomic E-state index is 0.0785. The first kappa shape index (κ1) is 9.82. The zero-order valence-electron chi connectivity index (χ0n) is 8.85. The van der Waals surface area contributed by atoms with Gasteiger partial charge in [-0.05, 0) is 42.7 Å². The predicted octanol–water partition coefficient (Wildman–Crippen LogP) is 2.02. The van der Waals surface area contributed by atoms with Gasteiger partial charge in [-0.25, -0.2) is 0 Å². The third-order valence-electron chi connectivity index (χ3n) is 3.75. The fourth-order valence-corrected chi connectivity index (χ4v) is 3.79. The Labute approximate surface area is 94.5 Å². The average Bonchev–Trinajstić information content (AvgIpc) is 2.84. The van der Waals surface area contributed by atoms with Crippen LogP contribution in [-0.2, 0) is 13.0 Å². The molecule has 2 heterocycles. The highest BCUT2D eigenvalue weighted by Gasteiger charge is 2.32. The minimum atomic E-state index is -0.0785. The molecule has 1 N–H and O–H groups in total. The van der Waals surface area contributed by atoms with Crippen molar-refractivity contribution in [3.05, 3.63) is 21.9 Å². The average molecular weight is 223 g/mol. The van der Waals surface area contributed by atoms with Crippen LogP contribution in [0.3, 0.4) is 0 Å². The first-order valence-electron chi connectivity index (χ1n) is 5.82.